The molecule has 1 aliphatic heterocycles. The molecule has 13 heavy (non-hydrogen) atoms. The minimum Gasteiger partial charge on any atom is -0.383 e. The summed E-state index contributed by atoms with van der Waals surface area (Å²) in [6.07, 6.45) is 1.55. The Morgan fingerprint density at radius 1 is 1.69 bits per heavy atom. The van der Waals surface area contributed by atoms with Crippen LogP contribution in [0.2, 0.25) is 0 Å². The Bertz CT molecular complexity index is 146. The van der Waals surface area contributed by atoms with Crippen molar-refractivity contribution < 1.29 is 9.47 Å². The third-order valence-electron chi connectivity index (χ3n) is 2.21. The summed E-state index contributed by atoms with van der Waals surface area (Å²) in [6, 6.07) is 0.155. The molecule has 0 amide bonds. The number of nitrogens with two attached hydrogens (primary N) is 1. The Morgan fingerprint density at radius 3 is 3.00 bits per heavy atom. The first kappa shape index (κ1) is 11.3. The maximum atomic E-state index is 5.82. The number of hydrogen-bond donors (Lipinski definition) is 1. The second-order valence-corrected chi connectivity index (χ2v) is 4.72. The second kappa shape index (κ2) is 5.86. The zero-order valence-corrected chi connectivity index (χ0v) is 9.18. The molecule has 1 rings (SSSR count). The summed E-state index contributed by atoms with van der Waals surface area (Å²) in [5.41, 5.74) is 5.82. The van der Waals surface area contributed by atoms with E-state index in [1.54, 1.807) is 7.11 Å². The van der Waals surface area contributed by atoms with Crippen LogP contribution in [-0.2, 0) is 9.47 Å². The van der Waals surface area contributed by atoms with Crippen LogP contribution in [0, 0.1) is 0 Å². The first-order chi connectivity index (χ1) is 6.24. The lowest BCUT2D eigenvalue weighted by Gasteiger charge is -2.16. The van der Waals surface area contributed by atoms with Crippen molar-refractivity contribution in [2.24, 2.45) is 5.73 Å². The van der Waals surface area contributed by atoms with E-state index in [0.29, 0.717) is 18.0 Å². The molecule has 0 aromatic heterocycles. The Morgan fingerprint density at radius 2 is 2.46 bits per heavy atom. The minimum atomic E-state index is 0.155. The normalized spacial score (nSPS) is 30.7. The van der Waals surface area contributed by atoms with Gasteiger partial charge in [-0.05, 0) is 13.3 Å². The molecule has 1 heterocycles. The van der Waals surface area contributed by atoms with Crippen molar-refractivity contribution in [2.75, 3.05) is 26.1 Å². The SMILES string of the molecule is COCC(N)CSC1CCOC1C. The summed E-state index contributed by atoms with van der Waals surface area (Å²) in [5, 5.41) is 0.628. The maximum absolute atomic E-state index is 5.82. The molecule has 0 aromatic carbocycles. The van der Waals surface area contributed by atoms with Gasteiger partial charge in [-0.2, -0.15) is 11.8 Å². The van der Waals surface area contributed by atoms with Crippen LogP contribution in [0.15, 0.2) is 0 Å². The van der Waals surface area contributed by atoms with E-state index >= 15 is 0 Å². The van der Waals surface area contributed by atoms with Gasteiger partial charge < -0.3 is 15.2 Å². The molecular weight excluding hydrogens is 186 g/mol. The first-order valence-electron chi connectivity index (χ1n) is 4.71. The van der Waals surface area contributed by atoms with Crippen molar-refractivity contribution in [1.82, 2.24) is 0 Å². The van der Waals surface area contributed by atoms with Gasteiger partial charge in [0.2, 0.25) is 0 Å². The summed E-state index contributed by atoms with van der Waals surface area (Å²) in [7, 11) is 1.69. The Balaban J connectivity index is 2.10. The molecule has 3 atom stereocenters. The summed E-state index contributed by atoms with van der Waals surface area (Å²) in [5.74, 6) is 0.964. The number of hydrogen-bond acceptors (Lipinski definition) is 4. The fourth-order valence-corrected chi connectivity index (χ4v) is 2.64. The van der Waals surface area contributed by atoms with Gasteiger partial charge in [0.25, 0.3) is 0 Å². The highest BCUT2D eigenvalue weighted by atomic mass is 32.2. The van der Waals surface area contributed by atoms with E-state index in [9.17, 15) is 0 Å². The molecular formula is C9H19NO2S. The van der Waals surface area contributed by atoms with E-state index in [1.165, 1.54) is 0 Å². The van der Waals surface area contributed by atoms with E-state index in [-0.39, 0.29) is 6.04 Å². The van der Waals surface area contributed by atoms with Gasteiger partial charge in [-0.3, -0.25) is 0 Å². The van der Waals surface area contributed by atoms with Crippen LogP contribution in [0.25, 0.3) is 0 Å². The Hall–Kier alpha value is 0.230. The van der Waals surface area contributed by atoms with Crippen LogP contribution in [-0.4, -0.2) is 43.5 Å². The largest absolute Gasteiger partial charge is 0.383 e. The second-order valence-electron chi connectivity index (χ2n) is 3.45. The van der Waals surface area contributed by atoms with Gasteiger partial charge in [-0.15, -0.1) is 0 Å². The van der Waals surface area contributed by atoms with Gasteiger partial charge in [0.15, 0.2) is 0 Å². The van der Waals surface area contributed by atoms with Crippen LogP contribution < -0.4 is 5.73 Å². The monoisotopic (exact) mass is 205 g/mol. The average Bonchev–Trinajstić information content (AvgIpc) is 2.48. The first-order valence-corrected chi connectivity index (χ1v) is 5.76. The number of thioether (sulfide) groups is 1. The van der Waals surface area contributed by atoms with Gasteiger partial charge in [-0.1, -0.05) is 0 Å². The third-order valence-corrected chi connectivity index (χ3v) is 3.88. The smallest absolute Gasteiger partial charge is 0.0666 e. The van der Waals surface area contributed by atoms with Crippen LogP contribution >= 0.6 is 11.8 Å². The van der Waals surface area contributed by atoms with Gasteiger partial charge in [0.05, 0.1) is 12.7 Å². The molecule has 1 fully saturated rings. The number of ether oxygens (including phenoxy) is 2. The summed E-state index contributed by atoms with van der Waals surface area (Å²) >= 11 is 1.91. The number of methoxy groups -OCH3 is 1. The van der Waals surface area contributed by atoms with Gasteiger partial charge >= 0.3 is 0 Å². The molecule has 1 aliphatic rings. The molecule has 4 heteroatoms. The van der Waals surface area contributed by atoms with Gasteiger partial charge in [0, 0.05) is 30.8 Å². The van der Waals surface area contributed by atoms with Crippen molar-refractivity contribution in [3.05, 3.63) is 0 Å². The fraction of sp³-hybridized carbons (Fsp3) is 1.00. The highest BCUT2D eigenvalue weighted by molar-refractivity contribution is 8.00. The van der Waals surface area contributed by atoms with Gasteiger partial charge in [0.1, 0.15) is 0 Å². The summed E-state index contributed by atoms with van der Waals surface area (Å²) in [6.45, 7) is 3.68. The highest BCUT2D eigenvalue weighted by Crippen LogP contribution is 2.26. The van der Waals surface area contributed by atoms with Crippen molar-refractivity contribution in [3.8, 4) is 0 Å². The molecule has 1 saturated heterocycles. The van der Waals surface area contributed by atoms with Crippen molar-refractivity contribution in [3.63, 3.8) is 0 Å². The summed E-state index contributed by atoms with van der Waals surface area (Å²) < 4.78 is 10.4. The summed E-state index contributed by atoms with van der Waals surface area (Å²) in [4.78, 5) is 0. The van der Waals surface area contributed by atoms with Crippen LogP contribution in [0.5, 0.6) is 0 Å². The molecule has 2 N–H and O–H groups in total. The molecule has 0 radical (unpaired) electrons. The van der Waals surface area contributed by atoms with Crippen molar-refractivity contribution >= 4 is 11.8 Å². The van der Waals surface area contributed by atoms with E-state index < -0.39 is 0 Å². The van der Waals surface area contributed by atoms with Crippen molar-refractivity contribution in [2.45, 2.75) is 30.7 Å². The fourth-order valence-electron chi connectivity index (χ4n) is 1.44. The highest BCUT2D eigenvalue weighted by Gasteiger charge is 2.24. The topological polar surface area (TPSA) is 44.5 Å². The van der Waals surface area contributed by atoms with E-state index in [0.717, 1.165) is 18.8 Å². The lowest BCUT2D eigenvalue weighted by atomic mass is 10.3. The Kier molecular flexibility index (Phi) is 5.09. The zero-order chi connectivity index (χ0) is 9.68. The Labute approximate surface area is 84.3 Å². The quantitative estimate of drug-likeness (QED) is 0.723. The molecule has 0 spiro atoms. The standard InChI is InChI=1S/C9H19NO2S/c1-7-9(3-4-12-7)13-6-8(10)5-11-2/h7-9H,3-6,10H2,1-2H3. The zero-order valence-electron chi connectivity index (χ0n) is 8.36. The van der Waals surface area contributed by atoms with Crippen LogP contribution in [0.3, 0.4) is 0 Å². The van der Waals surface area contributed by atoms with E-state index in [1.807, 2.05) is 11.8 Å². The molecule has 0 saturated carbocycles. The lowest BCUT2D eigenvalue weighted by Crippen LogP contribution is -2.30. The molecule has 3 unspecified atom stereocenters. The van der Waals surface area contributed by atoms with Crippen LogP contribution in [0.4, 0.5) is 0 Å². The molecule has 0 bridgehead atoms. The van der Waals surface area contributed by atoms with E-state index in [2.05, 4.69) is 6.92 Å². The molecule has 0 aliphatic carbocycles. The van der Waals surface area contributed by atoms with Crippen LogP contribution in [0.1, 0.15) is 13.3 Å². The third kappa shape index (κ3) is 3.85. The predicted octanol–water partition coefficient (Wildman–Crippen LogP) is 0.871. The van der Waals surface area contributed by atoms with E-state index in [4.69, 9.17) is 15.2 Å². The molecule has 0 aromatic rings. The minimum absolute atomic E-state index is 0.155. The van der Waals surface area contributed by atoms with Crippen molar-refractivity contribution in [1.29, 1.82) is 0 Å². The maximum Gasteiger partial charge on any atom is 0.0666 e. The lowest BCUT2D eigenvalue weighted by molar-refractivity contribution is 0.127. The molecule has 3 nitrogen and oxygen atoms in total. The molecule has 78 valence electrons. The average molecular weight is 205 g/mol. The predicted molar refractivity (Wildman–Crippen MR) is 56.1 cm³/mol. The number of rotatable bonds is 5. The van der Waals surface area contributed by atoms with Gasteiger partial charge in [-0.25, -0.2) is 0 Å².